The van der Waals surface area contributed by atoms with Crippen LogP contribution in [0.15, 0.2) is 49.2 Å². The summed E-state index contributed by atoms with van der Waals surface area (Å²) in [4.78, 5) is 30.1. The van der Waals surface area contributed by atoms with Gasteiger partial charge in [-0.2, -0.15) is 0 Å². The van der Waals surface area contributed by atoms with Crippen LogP contribution >= 0.6 is 0 Å². The number of nitrogens with one attached hydrogen (secondary N) is 1. The molecule has 0 saturated carbocycles. The molecule has 2 heterocycles. The minimum absolute atomic E-state index is 0.0261. The fourth-order valence-corrected chi connectivity index (χ4v) is 3.18. The lowest BCUT2D eigenvalue weighted by molar-refractivity contribution is -0.130. The van der Waals surface area contributed by atoms with E-state index in [1.54, 1.807) is 23.6 Å². The molecular formula is C19H22N4O2. The molecule has 2 amide bonds. The van der Waals surface area contributed by atoms with E-state index in [1.807, 2.05) is 48.0 Å². The van der Waals surface area contributed by atoms with Gasteiger partial charge in [0.15, 0.2) is 0 Å². The van der Waals surface area contributed by atoms with E-state index in [1.165, 1.54) is 6.92 Å². The third kappa shape index (κ3) is 3.96. The molecule has 3 rings (SSSR count). The number of aromatic nitrogens is 2. The number of imidazole rings is 1. The van der Waals surface area contributed by atoms with Gasteiger partial charge in [0.05, 0.1) is 18.8 Å². The predicted molar refractivity (Wildman–Crippen MR) is 95.2 cm³/mol. The van der Waals surface area contributed by atoms with E-state index in [0.717, 1.165) is 11.1 Å². The molecule has 6 heteroatoms. The van der Waals surface area contributed by atoms with Crippen molar-refractivity contribution >= 4 is 17.9 Å². The molecule has 0 bridgehead atoms. The number of rotatable bonds is 5. The Balaban J connectivity index is 1.69. The lowest BCUT2D eigenvalue weighted by atomic mass is 9.93. The highest BCUT2D eigenvalue weighted by molar-refractivity contribution is 5.81. The first-order valence-corrected chi connectivity index (χ1v) is 8.35. The number of nitrogens with zero attached hydrogens (tertiary/aromatic N) is 3. The molecule has 25 heavy (non-hydrogen) atoms. The van der Waals surface area contributed by atoms with Gasteiger partial charge in [-0.3, -0.25) is 9.59 Å². The smallest absolute Gasteiger partial charge is 0.223 e. The molecule has 130 valence electrons. The fourth-order valence-electron chi connectivity index (χ4n) is 3.18. The second kappa shape index (κ2) is 7.34. The van der Waals surface area contributed by atoms with Crippen molar-refractivity contribution in [3.63, 3.8) is 0 Å². The topological polar surface area (TPSA) is 67.2 Å². The summed E-state index contributed by atoms with van der Waals surface area (Å²) < 4.78 is 1.92. The third-order valence-electron chi connectivity index (χ3n) is 4.30. The van der Waals surface area contributed by atoms with Gasteiger partial charge in [0.25, 0.3) is 0 Å². The Morgan fingerprint density at radius 1 is 1.32 bits per heavy atom. The van der Waals surface area contributed by atoms with Crippen LogP contribution in [-0.4, -0.2) is 32.3 Å². The van der Waals surface area contributed by atoms with E-state index in [-0.39, 0.29) is 30.3 Å². The van der Waals surface area contributed by atoms with Gasteiger partial charge >= 0.3 is 0 Å². The van der Waals surface area contributed by atoms with E-state index in [2.05, 4.69) is 10.3 Å². The number of hydrogen-bond acceptors (Lipinski definition) is 3. The summed E-state index contributed by atoms with van der Waals surface area (Å²) in [7, 11) is 0. The van der Waals surface area contributed by atoms with Crippen LogP contribution in [0, 0.1) is 0 Å². The first-order chi connectivity index (χ1) is 12.0. The van der Waals surface area contributed by atoms with Crippen molar-refractivity contribution in [2.75, 3.05) is 0 Å². The molecular weight excluding hydrogens is 316 g/mol. The summed E-state index contributed by atoms with van der Waals surface area (Å²) in [6.45, 7) is 4.13. The van der Waals surface area contributed by atoms with E-state index in [9.17, 15) is 9.59 Å². The van der Waals surface area contributed by atoms with Crippen LogP contribution in [0.2, 0.25) is 0 Å². The van der Waals surface area contributed by atoms with E-state index in [0.29, 0.717) is 6.54 Å². The van der Waals surface area contributed by atoms with Crippen molar-refractivity contribution in [2.45, 2.75) is 38.9 Å². The van der Waals surface area contributed by atoms with Crippen molar-refractivity contribution in [2.24, 2.45) is 0 Å². The highest BCUT2D eigenvalue weighted by atomic mass is 16.2. The van der Waals surface area contributed by atoms with Crippen LogP contribution in [0.1, 0.15) is 37.4 Å². The molecule has 1 aromatic heterocycles. The summed E-state index contributed by atoms with van der Waals surface area (Å²) in [6, 6.07) is 7.55. The van der Waals surface area contributed by atoms with Crippen LogP contribution in [0.5, 0.6) is 0 Å². The number of fused-ring (bicyclic) bond motifs is 1. The Kier molecular flexibility index (Phi) is 4.97. The summed E-state index contributed by atoms with van der Waals surface area (Å²) in [5, 5.41) is 3.01. The highest BCUT2D eigenvalue weighted by Crippen LogP contribution is 2.32. The quantitative estimate of drug-likeness (QED) is 0.910. The Morgan fingerprint density at radius 3 is 2.84 bits per heavy atom. The lowest BCUT2D eigenvalue weighted by Crippen LogP contribution is -2.39. The van der Waals surface area contributed by atoms with Gasteiger partial charge in [0, 0.05) is 38.1 Å². The van der Waals surface area contributed by atoms with Crippen molar-refractivity contribution in [3.8, 4) is 0 Å². The van der Waals surface area contributed by atoms with Crippen LogP contribution in [0.3, 0.4) is 0 Å². The fraction of sp³-hybridized carbons (Fsp3) is 0.316. The molecule has 0 spiro atoms. The summed E-state index contributed by atoms with van der Waals surface area (Å²) >= 11 is 0. The maximum absolute atomic E-state index is 12.5. The average molecular weight is 338 g/mol. The Bertz CT molecular complexity index is 782. The minimum atomic E-state index is -0.279. The first-order valence-electron chi connectivity index (χ1n) is 8.35. The van der Waals surface area contributed by atoms with Gasteiger partial charge in [0.1, 0.15) is 0 Å². The second-order valence-corrected chi connectivity index (χ2v) is 6.32. The zero-order chi connectivity index (χ0) is 17.8. The molecule has 0 aliphatic carbocycles. The first kappa shape index (κ1) is 17.0. The van der Waals surface area contributed by atoms with Gasteiger partial charge in [-0.1, -0.05) is 24.3 Å². The summed E-state index contributed by atoms with van der Waals surface area (Å²) in [6.07, 6.45) is 9.20. The Labute approximate surface area is 147 Å². The molecule has 1 aliphatic heterocycles. The van der Waals surface area contributed by atoms with Crippen molar-refractivity contribution in [1.29, 1.82) is 0 Å². The number of carbonyl (C=O) groups excluding carboxylic acids is 2. The molecule has 0 radical (unpaired) electrons. The largest absolute Gasteiger partial charge is 0.352 e. The maximum Gasteiger partial charge on any atom is 0.223 e. The number of amides is 2. The van der Waals surface area contributed by atoms with Gasteiger partial charge in [0.2, 0.25) is 11.8 Å². The van der Waals surface area contributed by atoms with E-state index < -0.39 is 0 Å². The molecule has 2 aromatic rings. The highest BCUT2D eigenvalue weighted by Gasteiger charge is 2.28. The van der Waals surface area contributed by atoms with Gasteiger partial charge in [-0.15, -0.1) is 0 Å². The molecule has 6 nitrogen and oxygen atoms in total. The van der Waals surface area contributed by atoms with Crippen LogP contribution < -0.4 is 5.32 Å². The predicted octanol–water partition coefficient (Wildman–Crippen LogP) is 2.35. The second-order valence-electron chi connectivity index (χ2n) is 6.32. The maximum atomic E-state index is 12.5. The summed E-state index contributed by atoms with van der Waals surface area (Å²) in [5.74, 6) is -0.149. The molecule has 1 N–H and O–H groups in total. The zero-order valence-electron chi connectivity index (χ0n) is 14.4. The summed E-state index contributed by atoms with van der Waals surface area (Å²) in [5.41, 5.74) is 2.04. The monoisotopic (exact) mass is 338 g/mol. The molecule has 0 saturated heterocycles. The van der Waals surface area contributed by atoms with Crippen molar-refractivity contribution in [3.05, 3.63) is 60.3 Å². The third-order valence-corrected chi connectivity index (χ3v) is 4.30. The van der Waals surface area contributed by atoms with Crippen molar-refractivity contribution in [1.82, 2.24) is 19.8 Å². The van der Waals surface area contributed by atoms with Crippen molar-refractivity contribution < 1.29 is 9.59 Å². The van der Waals surface area contributed by atoms with Crippen LogP contribution in [0.25, 0.3) is 6.08 Å². The normalized spacial score (nSPS) is 17.0. The molecule has 0 unspecified atom stereocenters. The van der Waals surface area contributed by atoms with Gasteiger partial charge < -0.3 is 14.8 Å². The number of carbonyl (C=O) groups is 2. The van der Waals surface area contributed by atoms with Gasteiger partial charge in [-0.05, 0) is 24.1 Å². The van der Waals surface area contributed by atoms with Crippen LogP contribution in [0.4, 0.5) is 0 Å². The number of benzene rings is 1. The minimum Gasteiger partial charge on any atom is -0.352 e. The molecule has 1 aromatic carbocycles. The van der Waals surface area contributed by atoms with E-state index in [4.69, 9.17) is 0 Å². The Hall–Kier alpha value is -2.89. The van der Waals surface area contributed by atoms with E-state index >= 15 is 0 Å². The lowest BCUT2D eigenvalue weighted by Gasteiger charge is -2.32. The zero-order valence-corrected chi connectivity index (χ0v) is 14.4. The SMILES string of the molecule is CC(=O)N1C=Cc2ccccc2[C@@H]1CC(=O)N[C@@H](C)Cn1ccnc1. The average Bonchev–Trinajstić information content (AvgIpc) is 3.07. The molecule has 0 fully saturated rings. The molecule has 2 atom stereocenters. The molecule has 1 aliphatic rings. The van der Waals surface area contributed by atoms with Gasteiger partial charge in [-0.25, -0.2) is 4.98 Å². The Morgan fingerprint density at radius 2 is 2.12 bits per heavy atom. The number of hydrogen-bond donors (Lipinski definition) is 1. The standard InChI is InChI=1S/C19H22N4O2/c1-14(12-22-10-8-20-13-22)21-19(25)11-18-17-6-4-3-5-16(17)7-9-23(18)15(2)24/h3-10,13-14,18H,11-12H2,1-2H3,(H,21,25)/t14-,18-/m0/s1. The van der Waals surface area contributed by atoms with Crippen LogP contribution in [-0.2, 0) is 16.1 Å².